The van der Waals surface area contributed by atoms with Gasteiger partial charge >= 0.3 is 0 Å². The van der Waals surface area contributed by atoms with Crippen LogP contribution in [-0.2, 0) is 4.79 Å². The molecule has 2 heterocycles. The molecule has 0 spiro atoms. The quantitative estimate of drug-likeness (QED) is 0.852. The summed E-state index contributed by atoms with van der Waals surface area (Å²) in [5, 5.41) is 11.2. The highest BCUT2D eigenvalue weighted by atomic mass is 32.2. The Morgan fingerprint density at radius 3 is 2.86 bits per heavy atom. The number of furan rings is 1. The molecule has 0 aromatic carbocycles. The number of hydrogen-bond acceptors (Lipinski definition) is 6. The number of amides is 1. The van der Waals surface area contributed by atoms with Gasteiger partial charge < -0.3 is 14.2 Å². The summed E-state index contributed by atoms with van der Waals surface area (Å²) in [6, 6.07) is 2.11. The number of carbonyl (C=O) groups is 1. The summed E-state index contributed by atoms with van der Waals surface area (Å²) in [6.07, 6.45) is 6.13. The minimum atomic E-state index is -0.264. The van der Waals surface area contributed by atoms with Gasteiger partial charge in [0.1, 0.15) is 5.76 Å². The Labute approximate surface area is 133 Å². The molecule has 1 unspecified atom stereocenters. The van der Waals surface area contributed by atoms with Crippen LogP contribution in [0.4, 0.5) is 0 Å². The highest BCUT2D eigenvalue weighted by Crippen LogP contribution is 2.28. The molecule has 1 N–H and O–H groups in total. The van der Waals surface area contributed by atoms with Crippen molar-refractivity contribution in [2.24, 2.45) is 0 Å². The van der Waals surface area contributed by atoms with Crippen LogP contribution < -0.4 is 5.32 Å². The maximum Gasteiger partial charge on any atom is 0.277 e. The molecule has 0 aliphatic heterocycles. The lowest BCUT2D eigenvalue weighted by Gasteiger charge is -2.14. The molecule has 1 saturated carbocycles. The SMILES string of the molecule is Cc1occc1-c1nnc(SC(C)C(=O)NC2CCCC2)o1. The average Bonchev–Trinajstić information content (AvgIpc) is 3.20. The molecule has 0 bridgehead atoms. The van der Waals surface area contributed by atoms with E-state index < -0.39 is 0 Å². The smallest absolute Gasteiger partial charge is 0.277 e. The van der Waals surface area contributed by atoms with Gasteiger partial charge in [0.15, 0.2) is 0 Å². The second-order valence-electron chi connectivity index (χ2n) is 5.51. The lowest BCUT2D eigenvalue weighted by atomic mass is 10.2. The third-order valence-electron chi connectivity index (χ3n) is 3.84. The van der Waals surface area contributed by atoms with Crippen molar-refractivity contribution in [3.63, 3.8) is 0 Å². The van der Waals surface area contributed by atoms with Gasteiger partial charge in [-0.15, -0.1) is 10.2 Å². The zero-order valence-electron chi connectivity index (χ0n) is 12.7. The Balaban J connectivity index is 1.59. The van der Waals surface area contributed by atoms with Crippen LogP contribution >= 0.6 is 11.8 Å². The number of nitrogens with one attached hydrogen (secondary N) is 1. The van der Waals surface area contributed by atoms with Crippen molar-refractivity contribution in [1.82, 2.24) is 15.5 Å². The van der Waals surface area contributed by atoms with E-state index in [1.165, 1.54) is 24.6 Å². The summed E-state index contributed by atoms with van der Waals surface area (Å²) in [6.45, 7) is 3.69. The molecule has 1 aliphatic carbocycles. The maximum atomic E-state index is 12.2. The highest BCUT2D eigenvalue weighted by molar-refractivity contribution is 8.00. The Kier molecular flexibility index (Phi) is 4.52. The van der Waals surface area contributed by atoms with Crippen molar-refractivity contribution in [2.75, 3.05) is 0 Å². The number of carbonyl (C=O) groups excluding carboxylic acids is 1. The number of thioether (sulfide) groups is 1. The van der Waals surface area contributed by atoms with Gasteiger partial charge in [-0.25, -0.2) is 0 Å². The van der Waals surface area contributed by atoms with Crippen LogP contribution in [0, 0.1) is 6.92 Å². The van der Waals surface area contributed by atoms with Crippen molar-refractivity contribution >= 4 is 17.7 Å². The predicted octanol–water partition coefficient (Wildman–Crippen LogP) is 3.18. The zero-order valence-corrected chi connectivity index (χ0v) is 13.5. The fourth-order valence-electron chi connectivity index (χ4n) is 2.57. The molecule has 0 saturated heterocycles. The van der Waals surface area contributed by atoms with Crippen LogP contribution in [0.2, 0.25) is 0 Å². The van der Waals surface area contributed by atoms with Gasteiger partial charge in [-0.1, -0.05) is 24.6 Å². The molecular formula is C15H19N3O3S. The van der Waals surface area contributed by atoms with Gasteiger partial charge in [0.05, 0.1) is 17.1 Å². The lowest BCUT2D eigenvalue weighted by molar-refractivity contribution is -0.120. The van der Waals surface area contributed by atoms with Gasteiger partial charge in [-0.05, 0) is 32.8 Å². The number of aryl methyl sites for hydroxylation is 1. The van der Waals surface area contributed by atoms with E-state index in [4.69, 9.17) is 8.83 Å². The maximum absolute atomic E-state index is 12.2. The average molecular weight is 321 g/mol. The van der Waals surface area contributed by atoms with Crippen LogP contribution in [0.15, 0.2) is 26.4 Å². The Hall–Kier alpha value is -1.76. The zero-order chi connectivity index (χ0) is 15.5. The van der Waals surface area contributed by atoms with Gasteiger partial charge in [0.2, 0.25) is 5.91 Å². The second kappa shape index (κ2) is 6.56. The summed E-state index contributed by atoms with van der Waals surface area (Å²) in [5.74, 6) is 1.17. The third-order valence-corrected chi connectivity index (χ3v) is 4.78. The molecule has 1 atom stereocenters. The van der Waals surface area contributed by atoms with Gasteiger partial charge in [-0.2, -0.15) is 0 Å². The van der Waals surface area contributed by atoms with Crippen LogP contribution in [0.5, 0.6) is 0 Å². The van der Waals surface area contributed by atoms with Crippen molar-refractivity contribution in [1.29, 1.82) is 0 Å². The van der Waals surface area contributed by atoms with Gasteiger partial charge in [-0.3, -0.25) is 4.79 Å². The molecule has 2 aromatic rings. The number of rotatable bonds is 5. The highest BCUT2D eigenvalue weighted by Gasteiger charge is 2.23. The second-order valence-corrected chi connectivity index (χ2v) is 6.81. The van der Waals surface area contributed by atoms with Crippen molar-refractivity contribution in [2.45, 2.75) is 56.0 Å². The number of aromatic nitrogens is 2. The van der Waals surface area contributed by atoms with Gasteiger partial charge in [0, 0.05) is 6.04 Å². The largest absolute Gasteiger partial charge is 0.469 e. The number of nitrogens with zero attached hydrogens (tertiary/aromatic N) is 2. The summed E-state index contributed by atoms with van der Waals surface area (Å²) < 4.78 is 10.8. The van der Waals surface area contributed by atoms with Crippen LogP contribution in [0.1, 0.15) is 38.4 Å². The molecule has 3 rings (SSSR count). The number of hydrogen-bond donors (Lipinski definition) is 1. The van der Waals surface area contributed by atoms with E-state index in [-0.39, 0.29) is 11.2 Å². The Morgan fingerprint density at radius 1 is 1.41 bits per heavy atom. The Bertz CT molecular complexity index is 646. The molecule has 1 aliphatic rings. The fourth-order valence-corrected chi connectivity index (χ4v) is 3.26. The monoisotopic (exact) mass is 321 g/mol. The molecule has 1 fully saturated rings. The van der Waals surface area contributed by atoms with Crippen LogP contribution in [0.25, 0.3) is 11.5 Å². The van der Waals surface area contributed by atoms with E-state index in [1.807, 2.05) is 13.8 Å². The molecular weight excluding hydrogens is 302 g/mol. The summed E-state index contributed by atoms with van der Waals surface area (Å²) in [7, 11) is 0. The summed E-state index contributed by atoms with van der Waals surface area (Å²) in [4.78, 5) is 12.2. The molecule has 22 heavy (non-hydrogen) atoms. The third kappa shape index (κ3) is 3.35. The van der Waals surface area contributed by atoms with E-state index in [9.17, 15) is 4.79 Å². The lowest BCUT2D eigenvalue weighted by Crippen LogP contribution is -2.37. The van der Waals surface area contributed by atoms with Gasteiger partial charge in [0.25, 0.3) is 11.1 Å². The normalized spacial score (nSPS) is 16.8. The standard InChI is InChI=1S/C15H19N3O3S/c1-9-12(7-8-20-9)14-17-18-15(21-14)22-10(2)13(19)16-11-5-3-4-6-11/h7-8,10-11H,3-6H2,1-2H3,(H,16,19). The summed E-state index contributed by atoms with van der Waals surface area (Å²) >= 11 is 1.28. The minimum absolute atomic E-state index is 0.0242. The molecule has 2 aromatic heterocycles. The predicted molar refractivity (Wildman–Crippen MR) is 82.5 cm³/mol. The molecule has 0 radical (unpaired) electrons. The van der Waals surface area contributed by atoms with Crippen molar-refractivity contribution in [3.05, 3.63) is 18.1 Å². The summed E-state index contributed by atoms with van der Waals surface area (Å²) in [5.41, 5.74) is 0.780. The molecule has 118 valence electrons. The van der Waals surface area contributed by atoms with Crippen molar-refractivity contribution < 1.29 is 13.6 Å². The Morgan fingerprint density at radius 2 is 2.18 bits per heavy atom. The minimum Gasteiger partial charge on any atom is -0.469 e. The van der Waals surface area contributed by atoms with Crippen LogP contribution in [0.3, 0.4) is 0 Å². The van der Waals surface area contributed by atoms with E-state index in [1.54, 1.807) is 12.3 Å². The van der Waals surface area contributed by atoms with E-state index in [0.717, 1.165) is 24.2 Å². The molecule has 7 heteroatoms. The first-order valence-corrected chi connectivity index (χ1v) is 8.36. The molecule has 6 nitrogen and oxygen atoms in total. The first-order valence-electron chi connectivity index (χ1n) is 7.48. The molecule has 1 amide bonds. The van der Waals surface area contributed by atoms with Crippen molar-refractivity contribution in [3.8, 4) is 11.5 Å². The topological polar surface area (TPSA) is 81.2 Å². The first-order chi connectivity index (χ1) is 10.6. The van der Waals surface area contributed by atoms with E-state index in [2.05, 4.69) is 15.5 Å². The van der Waals surface area contributed by atoms with E-state index in [0.29, 0.717) is 17.2 Å². The van der Waals surface area contributed by atoms with Crippen LogP contribution in [-0.4, -0.2) is 27.4 Å². The first kappa shape index (κ1) is 15.1. The fraction of sp³-hybridized carbons (Fsp3) is 0.533. The van der Waals surface area contributed by atoms with E-state index >= 15 is 0 Å².